The standard InChI is InChI=1S/C16H26N2O3/c1-6-18(7-2)16(20)12(4)17-11(3)14-10-13(21-5)8-9-15(14)19/h8-12,17,19H,6-7H2,1-5H3. The zero-order valence-electron chi connectivity index (χ0n) is 13.5. The minimum Gasteiger partial charge on any atom is -0.508 e. The number of rotatable bonds is 7. The number of nitrogens with zero attached hydrogens (tertiary/aromatic N) is 1. The maximum absolute atomic E-state index is 12.3. The van der Waals surface area contributed by atoms with E-state index in [2.05, 4.69) is 5.32 Å². The number of amides is 1. The van der Waals surface area contributed by atoms with Crippen molar-refractivity contribution in [2.75, 3.05) is 20.2 Å². The Morgan fingerprint density at radius 2 is 1.95 bits per heavy atom. The number of aromatic hydroxyl groups is 1. The number of carbonyl (C=O) groups excluding carboxylic acids is 1. The van der Waals surface area contributed by atoms with Crippen LogP contribution >= 0.6 is 0 Å². The topological polar surface area (TPSA) is 61.8 Å². The first-order chi connectivity index (χ1) is 9.94. The molecule has 1 aromatic carbocycles. The van der Waals surface area contributed by atoms with Crippen LogP contribution in [0.15, 0.2) is 18.2 Å². The maximum atomic E-state index is 12.3. The average Bonchev–Trinajstić information content (AvgIpc) is 2.48. The molecule has 0 fully saturated rings. The first kappa shape index (κ1) is 17.3. The van der Waals surface area contributed by atoms with E-state index in [4.69, 9.17) is 4.74 Å². The molecule has 1 aromatic rings. The predicted molar refractivity (Wildman–Crippen MR) is 83.6 cm³/mol. The van der Waals surface area contributed by atoms with Gasteiger partial charge >= 0.3 is 0 Å². The Labute approximate surface area is 126 Å². The van der Waals surface area contributed by atoms with Crippen LogP contribution in [-0.4, -0.2) is 42.2 Å². The Balaban J connectivity index is 2.80. The van der Waals surface area contributed by atoms with Crippen LogP contribution < -0.4 is 10.1 Å². The molecule has 1 amide bonds. The molecule has 118 valence electrons. The third-order valence-electron chi connectivity index (χ3n) is 3.65. The third kappa shape index (κ3) is 4.36. The lowest BCUT2D eigenvalue weighted by Crippen LogP contribution is -2.45. The van der Waals surface area contributed by atoms with Gasteiger partial charge in [-0.2, -0.15) is 0 Å². The maximum Gasteiger partial charge on any atom is 0.239 e. The molecule has 0 heterocycles. The number of likely N-dealkylation sites (N-methyl/N-ethyl adjacent to an activating group) is 1. The molecule has 1 rings (SSSR count). The van der Waals surface area contributed by atoms with E-state index in [9.17, 15) is 9.90 Å². The third-order valence-corrected chi connectivity index (χ3v) is 3.65. The molecule has 5 heteroatoms. The summed E-state index contributed by atoms with van der Waals surface area (Å²) < 4.78 is 5.17. The second-order valence-corrected chi connectivity index (χ2v) is 5.05. The van der Waals surface area contributed by atoms with Crippen LogP contribution in [0.1, 0.15) is 39.3 Å². The lowest BCUT2D eigenvalue weighted by atomic mass is 10.1. The summed E-state index contributed by atoms with van der Waals surface area (Å²) in [5.74, 6) is 0.937. The van der Waals surface area contributed by atoms with Gasteiger partial charge in [-0.3, -0.25) is 10.1 Å². The van der Waals surface area contributed by atoms with Crippen molar-refractivity contribution in [3.8, 4) is 11.5 Å². The van der Waals surface area contributed by atoms with Crippen molar-refractivity contribution in [1.82, 2.24) is 10.2 Å². The predicted octanol–water partition coefficient (Wildman–Crippen LogP) is 2.31. The summed E-state index contributed by atoms with van der Waals surface area (Å²) >= 11 is 0. The number of benzene rings is 1. The van der Waals surface area contributed by atoms with E-state index in [-0.39, 0.29) is 23.7 Å². The van der Waals surface area contributed by atoms with Crippen molar-refractivity contribution in [3.63, 3.8) is 0 Å². The highest BCUT2D eigenvalue weighted by atomic mass is 16.5. The number of phenols is 1. The molecule has 0 saturated heterocycles. The van der Waals surface area contributed by atoms with Crippen molar-refractivity contribution in [3.05, 3.63) is 23.8 Å². The zero-order valence-corrected chi connectivity index (χ0v) is 13.5. The SMILES string of the molecule is CCN(CC)C(=O)C(C)NC(C)c1cc(OC)ccc1O. The molecule has 5 nitrogen and oxygen atoms in total. The zero-order chi connectivity index (χ0) is 16.0. The molecule has 21 heavy (non-hydrogen) atoms. The first-order valence-electron chi connectivity index (χ1n) is 7.36. The summed E-state index contributed by atoms with van der Waals surface area (Å²) in [7, 11) is 1.58. The van der Waals surface area contributed by atoms with Crippen molar-refractivity contribution in [2.45, 2.75) is 39.8 Å². The summed E-state index contributed by atoms with van der Waals surface area (Å²) in [5, 5.41) is 13.2. The summed E-state index contributed by atoms with van der Waals surface area (Å²) in [5.41, 5.74) is 0.716. The molecule has 2 N–H and O–H groups in total. The normalized spacial score (nSPS) is 13.6. The lowest BCUT2D eigenvalue weighted by Gasteiger charge is -2.26. The van der Waals surface area contributed by atoms with Crippen molar-refractivity contribution in [2.24, 2.45) is 0 Å². The van der Waals surface area contributed by atoms with Gasteiger partial charge in [-0.05, 0) is 45.9 Å². The summed E-state index contributed by atoms with van der Waals surface area (Å²) in [4.78, 5) is 14.0. The number of nitrogens with one attached hydrogen (secondary N) is 1. The largest absolute Gasteiger partial charge is 0.508 e. The Bertz CT molecular complexity index is 473. The van der Waals surface area contributed by atoms with Gasteiger partial charge in [0.25, 0.3) is 0 Å². The first-order valence-corrected chi connectivity index (χ1v) is 7.36. The van der Waals surface area contributed by atoms with Crippen LogP contribution in [0.5, 0.6) is 11.5 Å². The van der Waals surface area contributed by atoms with Gasteiger partial charge in [-0.15, -0.1) is 0 Å². The summed E-state index contributed by atoms with van der Waals surface area (Å²) in [6, 6.07) is 4.61. The van der Waals surface area contributed by atoms with E-state index in [1.165, 1.54) is 0 Å². The van der Waals surface area contributed by atoms with E-state index in [0.29, 0.717) is 24.4 Å². The Morgan fingerprint density at radius 1 is 1.33 bits per heavy atom. The second-order valence-electron chi connectivity index (χ2n) is 5.05. The molecule has 0 aromatic heterocycles. The monoisotopic (exact) mass is 294 g/mol. The fourth-order valence-electron chi connectivity index (χ4n) is 2.35. The quantitative estimate of drug-likeness (QED) is 0.810. The van der Waals surface area contributed by atoms with E-state index >= 15 is 0 Å². The van der Waals surface area contributed by atoms with Crippen LogP contribution in [-0.2, 0) is 4.79 Å². The fraction of sp³-hybridized carbons (Fsp3) is 0.562. The van der Waals surface area contributed by atoms with Crippen LogP contribution in [0.4, 0.5) is 0 Å². The van der Waals surface area contributed by atoms with Gasteiger partial charge in [0.05, 0.1) is 13.2 Å². The number of hydrogen-bond donors (Lipinski definition) is 2. The van der Waals surface area contributed by atoms with E-state index in [1.54, 1.807) is 30.2 Å². The van der Waals surface area contributed by atoms with Crippen LogP contribution in [0, 0.1) is 0 Å². The van der Waals surface area contributed by atoms with Crippen LogP contribution in [0.2, 0.25) is 0 Å². The minimum absolute atomic E-state index is 0.0641. The Hall–Kier alpha value is -1.75. The molecule has 0 aliphatic carbocycles. The van der Waals surface area contributed by atoms with Crippen molar-refractivity contribution >= 4 is 5.91 Å². The van der Waals surface area contributed by atoms with Gasteiger partial charge in [0.15, 0.2) is 0 Å². The molecule has 2 atom stereocenters. The van der Waals surface area contributed by atoms with Gasteiger partial charge in [0.1, 0.15) is 11.5 Å². The average molecular weight is 294 g/mol. The molecular formula is C16H26N2O3. The Morgan fingerprint density at radius 3 is 2.48 bits per heavy atom. The number of phenolic OH excluding ortho intramolecular Hbond substituents is 1. The van der Waals surface area contributed by atoms with E-state index in [1.807, 2.05) is 27.7 Å². The van der Waals surface area contributed by atoms with Crippen molar-refractivity contribution < 1.29 is 14.6 Å². The molecule has 0 aliphatic heterocycles. The minimum atomic E-state index is -0.314. The smallest absolute Gasteiger partial charge is 0.239 e. The molecule has 0 spiro atoms. The molecule has 0 radical (unpaired) electrons. The van der Waals surface area contributed by atoms with Gasteiger partial charge in [-0.25, -0.2) is 0 Å². The summed E-state index contributed by atoms with van der Waals surface area (Å²) in [6.07, 6.45) is 0. The molecule has 2 unspecified atom stereocenters. The van der Waals surface area contributed by atoms with Crippen molar-refractivity contribution in [1.29, 1.82) is 0 Å². The number of ether oxygens (including phenoxy) is 1. The van der Waals surface area contributed by atoms with Gasteiger partial charge in [-0.1, -0.05) is 0 Å². The van der Waals surface area contributed by atoms with E-state index in [0.717, 1.165) is 0 Å². The van der Waals surface area contributed by atoms with Crippen LogP contribution in [0.3, 0.4) is 0 Å². The Kier molecular flexibility index (Phi) is 6.49. The number of hydrogen-bond acceptors (Lipinski definition) is 4. The number of methoxy groups -OCH3 is 1. The molecule has 0 aliphatic rings. The van der Waals surface area contributed by atoms with Gasteiger partial charge in [0.2, 0.25) is 5.91 Å². The highest BCUT2D eigenvalue weighted by Gasteiger charge is 2.21. The lowest BCUT2D eigenvalue weighted by molar-refractivity contribution is -0.132. The fourth-order valence-corrected chi connectivity index (χ4v) is 2.35. The van der Waals surface area contributed by atoms with E-state index < -0.39 is 0 Å². The second kappa shape index (κ2) is 7.88. The molecule has 0 saturated carbocycles. The summed E-state index contributed by atoms with van der Waals surface area (Å²) in [6.45, 7) is 9.08. The molecular weight excluding hydrogens is 268 g/mol. The van der Waals surface area contributed by atoms with Gasteiger partial charge in [0, 0.05) is 24.7 Å². The highest BCUT2D eigenvalue weighted by molar-refractivity contribution is 5.81. The highest BCUT2D eigenvalue weighted by Crippen LogP contribution is 2.28. The molecule has 0 bridgehead atoms. The number of carbonyl (C=O) groups is 1. The van der Waals surface area contributed by atoms with Gasteiger partial charge < -0.3 is 14.7 Å². The van der Waals surface area contributed by atoms with Crippen LogP contribution in [0.25, 0.3) is 0 Å².